The van der Waals surface area contributed by atoms with Crippen LogP contribution in [-0.4, -0.2) is 6.10 Å². The summed E-state index contributed by atoms with van der Waals surface area (Å²) in [6.07, 6.45) is 3.62. The first kappa shape index (κ1) is 14.6. The predicted molar refractivity (Wildman–Crippen MR) is 88.0 cm³/mol. The first-order valence-electron chi connectivity index (χ1n) is 7.22. The number of benzene rings is 2. The normalized spacial score (nSPS) is 15.7. The molecule has 2 aromatic rings. The summed E-state index contributed by atoms with van der Waals surface area (Å²) in [7, 11) is 0. The summed E-state index contributed by atoms with van der Waals surface area (Å²) in [6, 6.07) is 16.5. The fourth-order valence-corrected chi connectivity index (χ4v) is 2.76. The molecule has 0 saturated heterocycles. The second-order valence-electron chi connectivity index (χ2n) is 5.40. The van der Waals surface area contributed by atoms with Crippen LogP contribution in [0.25, 0.3) is 0 Å². The van der Waals surface area contributed by atoms with Crippen LogP contribution in [0.15, 0.2) is 53.0 Å². The van der Waals surface area contributed by atoms with Gasteiger partial charge in [0.05, 0.1) is 12.1 Å². The van der Waals surface area contributed by atoms with Crippen molar-refractivity contribution in [3.63, 3.8) is 0 Å². The summed E-state index contributed by atoms with van der Waals surface area (Å²) in [5.41, 5.74) is 5.30. The van der Waals surface area contributed by atoms with Gasteiger partial charge in [0.25, 0.3) is 0 Å². The lowest BCUT2D eigenvalue weighted by Gasteiger charge is -2.18. The van der Waals surface area contributed by atoms with Crippen molar-refractivity contribution in [2.24, 2.45) is 5.84 Å². The molecule has 1 unspecified atom stereocenters. The minimum atomic E-state index is 0.0821. The predicted octanol–water partition coefficient (Wildman–Crippen LogP) is 3.74. The molecule has 4 heteroatoms. The van der Waals surface area contributed by atoms with Crippen LogP contribution in [0.3, 0.4) is 0 Å². The molecule has 1 fully saturated rings. The Kier molecular flexibility index (Phi) is 4.58. The Hall–Kier alpha value is -1.36. The van der Waals surface area contributed by atoms with Crippen LogP contribution in [0.4, 0.5) is 0 Å². The molecule has 1 atom stereocenters. The van der Waals surface area contributed by atoms with E-state index in [-0.39, 0.29) is 6.04 Å². The Balaban J connectivity index is 1.71. The quantitative estimate of drug-likeness (QED) is 0.618. The van der Waals surface area contributed by atoms with Crippen LogP contribution in [0.2, 0.25) is 0 Å². The van der Waals surface area contributed by atoms with E-state index in [0.29, 0.717) is 6.10 Å². The average molecular weight is 347 g/mol. The molecule has 1 aliphatic carbocycles. The largest absolute Gasteiger partial charge is 0.490 e. The molecule has 0 amide bonds. The van der Waals surface area contributed by atoms with Gasteiger partial charge in [-0.15, -0.1) is 0 Å². The molecule has 0 bridgehead atoms. The number of ether oxygens (including phenoxy) is 1. The first-order chi connectivity index (χ1) is 10.3. The number of halogens is 1. The first-order valence-corrected chi connectivity index (χ1v) is 8.01. The van der Waals surface area contributed by atoms with Crippen molar-refractivity contribution in [2.75, 3.05) is 0 Å². The molecule has 0 spiro atoms. The van der Waals surface area contributed by atoms with E-state index >= 15 is 0 Å². The van der Waals surface area contributed by atoms with Gasteiger partial charge >= 0.3 is 0 Å². The summed E-state index contributed by atoms with van der Waals surface area (Å²) < 4.78 is 6.88. The van der Waals surface area contributed by atoms with E-state index in [1.807, 2.05) is 24.3 Å². The van der Waals surface area contributed by atoms with Gasteiger partial charge in [0.1, 0.15) is 5.75 Å². The fraction of sp³-hybridized carbons (Fsp3) is 0.294. The number of hydrogen-bond acceptors (Lipinski definition) is 3. The molecular formula is C17H19BrN2O. The van der Waals surface area contributed by atoms with Gasteiger partial charge < -0.3 is 4.74 Å². The molecule has 3 N–H and O–H groups in total. The third kappa shape index (κ3) is 3.84. The van der Waals surface area contributed by atoms with E-state index in [9.17, 15) is 0 Å². The number of nitrogens with one attached hydrogen (secondary N) is 1. The summed E-state index contributed by atoms with van der Waals surface area (Å²) in [5.74, 6) is 6.68. The zero-order chi connectivity index (χ0) is 14.7. The van der Waals surface area contributed by atoms with Crippen molar-refractivity contribution in [1.29, 1.82) is 0 Å². The van der Waals surface area contributed by atoms with Crippen molar-refractivity contribution >= 4 is 15.9 Å². The van der Waals surface area contributed by atoms with Crippen molar-refractivity contribution in [2.45, 2.75) is 31.4 Å². The molecule has 0 aliphatic heterocycles. The monoisotopic (exact) mass is 346 g/mol. The van der Waals surface area contributed by atoms with Crippen LogP contribution in [0.5, 0.6) is 5.75 Å². The number of nitrogens with two attached hydrogens (primary N) is 1. The van der Waals surface area contributed by atoms with Crippen LogP contribution >= 0.6 is 15.9 Å². The topological polar surface area (TPSA) is 47.3 Å². The second kappa shape index (κ2) is 6.60. The van der Waals surface area contributed by atoms with E-state index in [1.165, 1.54) is 18.4 Å². The minimum Gasteiger partial charge on any atom is -0.490 e. The van der Waals surface area contributed by atoms with E-state index in [0.717, 1.165) is 22.2 Å². The summed E-state index contributed by atoms with van der Waals surface area (Å²) >= 11 is 3.58. The van der Waals surface area contributed by atoms with Gasteiger partial charge in [-0.2, -0.15) is 0 Å². The van der Waals surface area contributed by atoms with Crippen molar-refractivity contribution < 1.29 is 4.74 Å². The standard InChI is InChI=1S/C17H19BrN2O/c18-16-4-2-1-3-13(16)11-17(20-19)12-5-7-14(8-6-12)21-15-9-10-15/h1-8,15,17,20H,9-11,19H2. The van der Waals surface area contributed by atoms with Gasteiger partial charge in [-0.3, -0.25) is 11.3 Å². The van der Waals surface area contributed by atoms with E-state index in [1.54, 1.807) is 0 Å². The Bertz CT molecular complexity index is 596. The SMILES string of the molecule is NNC(Cc1ccccc1Br)c1ccc(OC2CC2)cc1. The summed E-state index contributed by atoms with van der Waals surface area (Å²) in [4.78, 5) is 0. The van der Waals surface area contributed by atoms with E-state index < -0.39 is 0 Å². The highest BCUT2D eigenvalue weighted by Gasteiger charge is 2.23. The number of hydrogen-bond donors (Lipinski definition) is 2. The van der Waals surface area contributed by atoms with Crippen LogP contribution < -0.4 is 16.0 Å². The molecular weight excluding hydrogens is 328 g/mol. The highest BCUT2D eigenvalue weighted by molar-refractivity contribution is 9.10. The highest BCUT2D eigenvalue weighted by atomic mass is 79.9. The van der Waals surface area contributed by atoms with Gasteiger partial charge in [-0.25, -0.2) is 0 Å². The molecule has 3 rings (SSSR count). The maximum atomic E-state index is 5.77. The maximum Gasteiger partial charge on any atom is 0.119 e. The van der Waals surface area contributed by atoms with Crippen molar-refractivity contribution in [3.8, 4) is 5.75 Å². The Morgan fingerprint density at radius 1 is 1.14 bits per heavy atom. The molecule has 3 nitrogen and oxygen atoms in total. The molecule has 1 aliphatic rings. The van der Waals surface area contributed by atoms with Gasteiger partial charge in [0.2, 0.25) is 0 Å². The van der Waals surface area contributed by atoms with Crippen molar-refractivity contribution in [3.05, 3.63) is 64.1 Å². The summed E-state index contributed by atoms with van der Waals surface area (Å²) in [6.45, 7) is 0. The lowest BCUT2D eigenvalue weighted by molar-refractivity contribution is 0.303. The van der Waals surface area contributed by atoms with Crippen LogP contribution in [-0.2, 0) is 6.42 Å². The third-order valence-electron chi connectivity index (χ3n) is 3.69. The Morgan fingerprint density at radius 2 is 1.86 bits per heavy atom. The summed E-state index contributed by atoms with van der Waals surface area (Å²) in [5, 5.41) is 0. The van der Waals surface area contributed by atoms with Gasteiger partial charge in [0.15, 0.2) is 0 Å². The molecule has 0 heterocycles. The molecule has 0 aromatic heterocycles. The van der Waals surface area contributed by atoms with Gasteiger partial charge in [-0.1, -0.05) is 46.3 Å². The minimum absolute atomic E-state index is 0.0821. The molecule has 0 radical (unpaired) electrons. The maximum absolute atomic E-state index is 5.77. The molecule has 110 valence electrons. The lowest BCUT2D eigenvalue weighted by atomic mass is 9.99. The zero-order valence-electron chi connectivity index (χ0n) is 11.8. The van der Waals surface area contributed by atoms with E-state index in [2.05, 4.69) is 45.6 Å². The number of hydrazine groups is 1. The van der Waals surface area contributed by atoms with Crippen LogP contribution in [0, 0.1) is 0 Å². The Morgan fingerprint density at radius 3 is 2.48 bits per heavy atom. The number of rotatable bonds is 6. The zero-order valence-corrected chi connectivity index (χ0v) is 13.3. The molecule has 21 heavy (non-hydrogen) atoms. The Labute approximate surface area is 133 Å². The average Bonchev–Trinajstić information content (AvgIpc) is 3.31. The fourth-order valence-electron chi connectivity index (χ4n) is 2.31. The van der Waals surface area contributed by atoms with Gasteiger partial charge in [-0.05, 0) is 48.6 Å². The van der Waals surface area contributed by atoms with Crippen molar-refractivity contribution in [1.82, 2.24) is 5.43 Å². The third-order valence-corrected chi connectivity index (χ3v) is 4.47. The van der Waals surface area contributed by atoms with E-state index in [4.69, 9.17) is 10.6 Å². The highest BCUT2D eigenvalue weighted by Crippen LogP contribution is 2.28. The second-order valence-corrected chi connectivity index (χ2v) is 6.26. The lowest BCUT2D eigenvalue weighted by Crippen LogP contribution is -2.29. The van der Waals surface area contributed by atoms with Gasteiger partial charge in [0, 0.05) is 4.47 Å². The van der Waals surface area contributed by atoms with Crippen LogP contribution in [0.1, 0.15) is 30.0 Å². The smallest absolute Gasteiger partial charge is 0.119 e. The molecule has 2 aromatic carbocycles. The molecule has 1 saturated carbocycles.